The molecule has 0 aliphatic rings. The number of esters is 2. The second kappa shape index (κ2) is 18.1. The number of carbonyl (C=O) groups excluding carboxylic acids is 4. The van der Waals surface area contributed by atoms with Gasteiger partial charge in [0.1, 0.15) is 0 Å². The Labute approximate surface area is 309 Å². The molecule has 0 atom stereocenters. The zero-order valence-corrected chi connectivity index (χ0v) is 29.8. The van der Waals surface area contributed by atoms with Crippen LogP contribution in [0.25, 0.3) is 23.2 Å². The summed E-state index contributed by atoms with van der Waals surface area (Å²) < 4.78 is 22.7. The molecular formula is C33H32N10O8S2. The molecule has 6 rings (SSSR count). The van der Waals surface area contributed by atoms with E-state index in [0.29, 0.717) is 50.4 Å². The molecule has 2 amide bonds. The second-order valence-electron chi connectivity index (χ2n) is 10.3. The van der Waals surface area contributed by atoms with Crippen LogP contribution in [0, 0.1) is 0 Å². The van der Waals surface area contributed by atoms with Crippen LogP contribution in [0.1, 0.15) is 27.6 Å². The van der Waals surface area contributed by atoms with Gasteiger partial charge in [-0.3, -0.25) is 9.59 Å². The number of hydrogen-bond donors (Lipinski definition) is 4. The van der Waals surface area contributed by atoms with Crippen molar-refractivity contribution < 1.29 is 37.5 Å². The first-order valence-electron chi connectivity index (χ1n) is 15.5. The minimum atomic E-state index is -0.529. The lowest BCUT2D eigenvalue weighted by molar-refractivity contribution is -0.114. The summed E-state index contributed by atoms with van der Waals surface area (Å²) in [6, 6.07) is 20.1. The summed E-state index contributed by atoms with van der Waals surface area (Å²) in [5.41, 5.74) is 1.32. The number of rotatable bonds is 13. The van der Waals surface area contributed by atoms with Crippen LogP contribution in [-0.4, -0.2) is 78.7 Å². The van der Waals surface area contributed by atoms with Crippen molar-refractivity contribution >= 4 is 58.7 Å². The molecule has 0 radical (unpaired) electrons. The monoisotopic (exact) mass is 760 g/mol. The first kappa shape index (κ1) is 37.7. The molecule has 2 aromatic carbocycles. The van der Waals surface area contributed by atoms with E-state index in [4.69, 9.17) is 30.0 Å². The van der Waals surface area contributed by atoms with Crippen LogP contribution in [0.2, 0.25) is 0 Å². The molecule has 4 heterocycles. The Bertz CT molecular complexity index is 2170. The molecule has 0 spiro atoms. The van der Waals surface area contributed by atoms with Crippen LogP contribution >= 0.6 is 23.5 Å². The zero-order chi connectivity index (χ0) is 37.7. The zero-order valence-electron chi connectivity index (χ0n) is 28.1. The van der Waals surface area contributed by atoms with E-state index in [9.17, 15) is 19.2 Å². The number of furan rings is 2. The van der Waals surface area contributed by atoms with Crippen molar-refractivity contribution in [1.29, 1.82) is 0 Å². The van der Waals surface area contributed by atoms with Gasteiger partial charge in [0.25, 0.3) is 0 Å². The Morgan fingerprint density at radius 3 is 1.55 bits per heavy atom. The minimum absolute atomic E-state index is 0.0307. The van der Waals surface area contributed by atoms with Gasteiger partial charge in [0.2, 0.25) is 33.8 Å². The average molecular weight is 761 g/mol. The SMILES string of the molecule is CCOC(=O)c1ccccc1NC(=O)CSc1nnc(-c2ccco2)n1N.COC(=O)c1ccccc1NC(=O)CSc1nnc(-c2ccco2)n1N. The van der Waals surface area contributed by atoms with E-state index >= 15 is 0 Å². The quantitative estimate of drug-likeness (QED) is 0.0739. The molecule has 0 fully saturated rings. The minimum Gasteiger partial charge on any atom is -0.465 e. The van der Waals surface area contributed by atoms with Crippen LogP contribution in [0.15, 0.2) is 104 Å². The number of para-hydroxylation sites is 2. The highest BCUT2D eigenvalue weighted by molar-refractivity contribution is 8.00. The Morgan fingerprint density at radius 1 is 0.679 bits per heavy atom. The van der Waals surface area contributed by atoms with Crippen molar-refractivity contribution in [3.8, 4) is 23.2 Å². The molecule has 0 saturated carbocycles. The van der Waals surface area contributed by atoms with Gasteiger partial charge in [0.15, 0.2) is 11.5 Å². The van der Waals surface area contributed by atoms with Gasteiger partial charge in [0.05, 0.1) is 60.3 Å². The number of methoxy groups -OCH3 is 1. The molecule has 6 N–H and O–H groups in total. The van der Waals surface area contributed by atoms with E-state index in [2.05, 4.69) is 31.0 Å². The van der Waals surface area contributed by atoms with Gasteiger partial charge in [-0.25, -0.2) is 18.9 Å². The number of hydrogen-bond acceptors (Lipinski definition) is 16. The van der Waals surface area contributed by atoms with Gasteiger partial charge in [-0.15, -0.1) is 20.4 Å². The third kappa shape index (κ3) is 9.62. The summed E-state index contributed by atoms with van der Waals surface area (Å²) in [6.45, 7) is 1.97. The van der Waals surface area contributed by atoms with Crippen LogP contribution in [0.4, 0.5) is 11.4 Å². The van der Waals surface area contributed by atoms with Crippen molar-refractivity contribution in [2.75, 3.05) is 47.5 Å². The van der Waals surface area contributed by atoms with E-state index in [1.165, 1.54) is 29.0 Å². The highest BCUT2D eigenvalue weighted by Crippen LogP contribution is 2.24. The Hall–Kier alpha value is -6.54. The number of carbonyl (C=O) groups is 4. The number of nitrogens with zero attached hydrogens (tertiary/aromatic N) is 6. The molecule has 4 aromatic heterocycles. The van der Waals surface area contributed by atoms with Crippen LogP contribution < -0.4 is 22.3 Å². The van der Waals surface area contributed by atoms with Gasteiger partial charge in [-0.1, -0.05) is 47.8 Å². The fourth-order valence-electron chi connectivity index (χ4n) is 4.39. The van der Waals surface area contributed by atoms with Crippen molar-refractivity contribution in [1.82, 2.24) is 29.7 Å². The van der Waals surface area contributed by atoms with E-state index in [-0.39, 0.29) is 35.5 Å². The molecule has 0 unspecified atom stereocenters. The summed E-state index contributed by atoms with van der Waals surface area (Å²) in [4.78, 5) is 48.1. The van der Waals surface area contributed by atoms with Gasteiger partial charge >= 0.3 is 11.9 Å². The Morgan fingerprint density at radius 2 is 1.13 bits per heavy atom. The topological polar surface area (TPSA) is 251 Å². The molecule has 0 saturated heterocycles. The maximum Gasteiger partial charge on any atom is 0.340 e. The molecule has 6 aromatic rings. The van der Waals surface area contributed by atoms with Gasteiger partial charge in [0, 0.05) is 0 Å². The Kier molecular flexibility index (Phi) is 12.9. The lowest BCUT2D eigenvalue weighted by Crippen LogP contribution is -2.18. The van der Waals surface area contributed by atoms with Crippen LogP contribution in [-0.2, 0) is 19.1 Å². The number of anilines is 2. The molecule has 274 valence electrons. The molecule has 0 aliphatic carbocycles. The lowest BCUT2D eigenvalue weighted by atomic mass is 10.2. The second-order valence-corrected chi connectivity index (χ2v) is 12.2. The largest absolute Gasteiger partial charge is 0.465 e. The average Bonchev–Trinajstić information content (AvgIpc) is 4.00. The summed E-state index contributed by atoms with van der Waals surface area (Å²) in [6.07, 6.45) is 3.01. The summed E-state index contributed by atoms with van der Waals surface area (Å²) in [7, 11) is 1.28. The van der Waals surface area contributed by atoms with Crippen molar-refractivity contribution in [2.45, 2.75) is 17.2 Å². The van der Waals surface area contributed by atoms with Crippen molar-refractivity contribution in [3.63, 3.8) is 0 Å². The number of aromatic nitrogens is 6. The van der Waals surface area contributed by atoms with Crippen molar-refractivity contribution in [3.05, 3.63) is 96.4 Å². The van der Waals surface area contributed by atoms with Crippen molar-refractivity contribution in [2.24, 2.45) is 0 Å². The molecule has 0 bridgehead atoms. The predicted molar refractivity (Wildman–Crippen MR) is 195 cm³/mol. The normalized spacial score (nSPS) is 10.5. The fraction of sp³-hybridized carbons (Fsp3) is 0.152. The number of ether oxygens (including phenoxy) is 2. The number of nitrogen functional groups attached to an aromatic ring is 2. The van der Waals surface area contributed by atoms with Crippen LogP contribution in [0.3, 0.4) is 0 Å². The number of benzene rings is 2. The maximum absolute atomic E-state index is 12.3. The van der Waals surface area contributed by atoms with Gasteiger partial charge < -0.3 is 40.6 Å². The number of nitrogens with two attached hydrogens (primary N) is 2. The first-order chi connectivity index (χ1) is 25.7. The number of thioether (sulfide) groups is 2. The first-order valence-corrected chi connectivity index (χ1v) is 17.4. The van der Waals surface area contributed by atoms with E-state index in [1.54, 1.807) is 79.7 Å². The molecule has 0 aliphatic heterocycles. The maximum atomic E-state index is 12.3. The standard InChI is InChI=1S/C17H17N5O4S.C16H15N5O4S/c1-2-25-16(24)11-6-3-4-7-12(11)19-14(23)10-27-17-21-20-15(22(17)18)13-8-5-9-26-13;1-24-15(23)10-5-2-3-6-11(10)18-13(22)9-26-16-20-19-14(21(16)17)12-7-4-8-25-12/h3-9H,2,10,18H2,1H3,(H,19,23);2-8H,9,17H2,1H3,(H,18,22). The number of nitrogens with one attached hydrogen (secondary N) is 2. The van der Waals surface area contributed by atoms with Gasteiger partial charge in [-0.05, 0) is 55.5 Å². The summed E-state index contributed by atoms with van der Waals surface area (Å²) in [5.74, 6) is 11.9. The lowest BCUT2D eigenvalue weighted by Gasteiger charge is -2.10. The molecular weight excluding hydrogens is 729 g/mol. The smallest absolute Gasteiger partial charge is 0.340 e. The summed E-state index contributed by atoms with van der Waals surface area (Å²) in [5, 5.41) is 21.9. The summed E-state index contributed by atoms with van der Waals surface area (Å²) >= 11 is 2.22. The van der Waals surface area contributed by atoms with E-state index in [1.807, 2.05) is 0 Å². The van der Waals surface area contributed by atoms with E-state index in [0.717, 1.165) is 23.5 Å². The molecule has 53 heavy (non-hydrogen) atoms. The molecule has 20 heteroatoms. The third-order valence-corrected chi connectivity index (χ3v) is 8.67. The predicted octanol–water partition coefficient (Wildman–Crippen LogP) is 3.93. The third-order valence-electron chi connectivity index (χ3n) is 6.78. The Balaban J connectivity index is 0.000000204. The molecule has 18 nitrogen and oxygen atoms in total. The number of amides is 2. The fourth-order valence-corrected chi connectivity index (χ4v) is 5.70. The van der Waals surface area contributed by atoms with E-state index < -0.39 is 11.9 Å². The highest BCUT2D eigenvalue weighted by atomic mass is 32.2. The highest BCUT2D eigenvalue weighted by Gasteiger charge is 2.19. The van der Waals surface area contributed by atoms with Crippen LogP contribution in [0.5, 0.6) is 0 Å². The van der Waals surface area contributed by atoms with Gasteiger partial charge in [-0.2, -0.15) is 0 Å².